The van der Waals surface area contributed by atoms with E-state index < -0.39 is 11.9 Å². The van der Waals surface area contributed by atoms with E-state index in [9.17, 15) is 9.59 Å². The summed E-state index contributed by atoms with van der Waals surface area (Å²) < 4.78 is 18.0. The highest BCUT2D eigenvalue weighted by atomic mass is 79.9. The van der Waals surface area contributed by atoms with Gasteiger partial charge in [0.15, 0.2) is 17.3 Å². The van der Waals surface area contributed by atoms with Crippen LogP contribution in [0.4, 0.5) is 0 Å². The van der Waals surface area contributed by atoms with Crippen molar-refractivity contribution in [3.63, 3.8) is 0 Å². The highest BCUT2D eigenvalue weighted by Gasteiger charge is 2.43. The molecule has 1 heterocycles. The van der Waals surface area contributed by atoms with Crippen molar-refractivity contribution in [2.75, 3.05) is 13.7 Å². The van der Waals surface area contributed by atoms with E-state index in [1.165, 1.54) is 0 Å². The van der Waals surface area contributed by atoms with Gasteiger partial charge in [0.2, 0.25) is 0 Å². The predicted molar refractivity (Wildman–Crippen MR) is 149 cm³/mol. The van der Waals surface area contributed by atoms with Crippen LogP contribution < -0.4 is 14.8 Å². The second-order valence-electron chi connectivity index (χ2n) is 9.29. The maximum atomic E-state index is 13.7. The Morgan fingerprint density at radius 3 is 2.50 bits per heavy atom. The fraction of sp³-hybridized carbons (Fsp3) is 0.226. The van der Waals surface area contributed by atoms with Crippen LogP contribution in [0.1, 0.15) is 52.4 Å². The van der Waals surface area contributed by atoms with E-state index in [0.717, 1.165) is 22.4 Å². The molecule has 7 heteroatoms. The average Bonchev–Trinajstić information content (AvgIpc) is 3.18. The van der Waals surface area contributed by atoms with Gasteiger partial charge in [-0.15, -0.1) is 0 Å². The van der Waals surface area contributed by atoms with Crippen molar-refractivity contribution < 1.29 is 23.8 Å². The molecule has 0 fully saturated rings. The average molecular weight is 574 g/mol. The number of rotatable bonds is 7. The molecule has 0 saturated carbocycles. The largest absolute Gasteiger partial charge is 0.493 e. The van der Waals surface area contributed by atoms with Gasteiger partial charge in [0.1, 0.15) is 6.61 Å². The van der Waals surface area contributed by atoms with Crippen molar-refractivity contribution in [2.45, 2.75) is 33.3 Å². The van der Waals surface area contributed by atoms with Gasteiger partial charge in [-0.2, -0.15) is 0 Å². The molecule has 2 aliphatic rings. The van der Waals surface area contributed by atoms with Crippen molar-refractivity contribution >= 4 is 33.4 Å². The number of allylic oxidation sites excluding steroid dienone is 2. The number of halogens is 1. The predicted octanol–water partition coefficient (Wildman–Crippen LogP) is 6.48. The summed E-state index contributed by atoms with van der Waals surface area (Å²) in [7, 11) is 1.57. The number of hydrogen-bond acceptors (Lipinski definition) is 6. The number of ether oxygens (including phenoxy) is 3. The molecule has 194 valence electrons. The topological polar surface area (TPSA) is 73.9 Å². The van der Waals surface area contributed by atoms with Crippen LogP contribution in [-0.2, 0) is 16.1 Å². The van der Waals surface area contributed by atoms with Crippen molar-refractivity contribution in [1.82, 2.24) is 5.32 Å². The number of carbonyl (C=O) groups is 2. The van der Waals surface area contributed by atoms with Gasteiger partial charge in [-0.1, -0.05) is 54.1 Å². The summed E-state index contributed by atoms with van der Waals surface area (Å²) in [6.45, 7) is 6.22. The van der Waals surface area contributed by atoms with Gasteiger partial charge in [0.25, 0.3) is 0 Å². The van der Waals surface area contributed by atoms with Crippen molar-refractivity contribution in [3.8, 4) is 11.5 Å². The quantitative estimate of drug-likeness (QED) is 0.326. The minimum Gasteiger partial charge on any atom is -0.493 e. The summed E-state index contributed by atoms with van der Waals surface area (Å²) in [5.74, 6) is -0.196. The molecule has 38 heavy (non-hydrogen) atoms. The Hall–Kier alpha value is -3.84. The number of benzene rings is 3. The Morgan fingerprint density at radius 1 is 1.03 bits per heavy atom. The van der Waals surface area contributed by atoms with E-state index in [1.54, 1.807) is 14.0 Å². The van der Waals surface area contributed by atoms with Crippen molar-refractivity contribution in [1.29, 1.82) is 0 Å². The first-order chi connectivity index (χ1) is 18.3. The molecule has 0 aromatic heterocycles. The Kier molecular flexibility index (Phi) is 7.13. The summed E-state index contributed by atoms with van der Waals surface area (Å²) in [6, 6.07) is 19.3. The second kappa shape index (κ2) is 10.5. The molecule has 5 rings (SSSR count). The maximum absolute atomic E-state index is 13.7. The van der Waals surface area contributed by atoms with Gasteiger partial charge in [-0.05, 0) is 60.0 Å². The number of fused-ring (bicyclic) bond motifs is 2. The highest BCUT2D eigenvalue weighted by molar-refractivity contribution is 9.10. The molecule has 0 radical (unpaired) electrons. The van der Waals surface area contributed by atoms with Crippen LogP contribution in [0.15, 0.2) is 82.0 Å². The summed E-state index contributed by atoms with van der Waals surface area (Å²) >= 11 is 3.66. The van der Waals surface area contributed by atoms with E-state index in [1.807, 2.05) is 68.4 Å². The van der Waals surface area contributed by atoms with E-state index in [2.05, 4.69) is 27.3 Å². The van der Waals surface area contributed by atoms with Gasteiger partial charge in [0, 0.05) is 28.3 Å². The van der Waals surface area contributed by atoms with Crippen molar-refractivity contribution in [3.05, 3.63) is 110 Å². The number of nitrogens with one attached hydrogen (secondary N) is 1. The molecule has 6 nitrogen and oxygen atoms in total. The molecular weight excluding hydrogens is 546 g/mol. The van der Waals surface area contributed by atoms with Gasteiger partial charge < -0.3 is 19.5 Å². The minimum absolute atomic E-state index is 0.114. The van der Waals surface area contributed by atoms with Crippen LogP contribution in [0, 0.1) is 6.92 Å². The van der Waals surface area contributed by atoms with Crippen LogP contribution in [0.3, 0.4) is 0 Å². The molecule has 0 saturated heterocycles. The SMILES string of the molecule is CCOC(=O)C1=C(C)NC2=C(C(=O)c3ccccc32)[C@H]1c1cc(Br)c(OCc2cccc(C)c2)c(OC)c1. The molecule has 0 spiro atoms. The lowest BCUT2D eigenvalue weighted by atomic mass is 9.79. The summed E-state index contributed by atoms with van der Waals surface area (Å²) in [5, 5.41) is 3.32. The molecule has 0 bridgehead atoms. The van der Waals surface area contributed by atoms with Gasteiger partial charge in [0.05, 0.1) is 29.5 Å². The fourth-order valence-corrected chi connectivity index (χ4v) is 5.72. The van der Waals surface area contributed by atoms with E-state index >= 15 is 0 Å². The lowest BCUT2D eigenvalue weighted by molar-refractivity contribution is -0.138. The zero-order valence-electron chi connectivity index (χ0n) is 21.7. The number of Topliss-reactive ketones (excluding diaryl/α,β-unsaturated/α-hetero) is 1. The standard InChI is InChI=1S/C31H28BrNO5/c1-5-37-31(35)25-18(3)33-28-21-11-6-7-12-22(21)29(34)27(28)26(25)20-14-23(32)30(24(15-20)36-4)38-16-19-10-8-9-17(2)13-19/h6-15,26,33H,5,16H2,1-4H3/t26-/m0/s1. The first-order valence-corrected chi connectivity index (χ1v) is 13.2. The number of carbonyl (C=O) groups excluding carboxylic acids is 2. The highest BCUT2D eigenvalue weighted by Crippen LogP contribution is 2.49. The molecule has 1 aliphatic heterocycles. The normalized spacial score (nSPS) is 16.1. The molecule has 1 aliphatic carbocycles. The Bertz CT molecular complexity index is 1520. The molecule has 0 amide bonds. The number of esters is 1. The third-order valence-electron chi connectivity index (χ3n) is 6.79. The minimum atomic E-state index is -0.652. The van der Waals surface area contributed by atoms with Crippen LogP contribution in [0.2, 0.25) is 0 Å². The summed E-state index contributed by atoms with van der Waals surface area (Å²) in [4.78, 5) is 26.9. The molecular formula is C31H28BrNO5. The zero-order valence-corrected chi connectivity index (χ0v) is 23.3. The molecule has 1 N–H and O–H groups in total. The zero-order chi connectivity index (χ0) is 27.0. The van der Waals surface area contributed by atoms with Gasteiger partial charge >= 0.3 is 5.97 Å². The monoisotopic (exact) mass is 573 g/mol. The second-order valence-corrected chi connectivity index (χ2v) is 10.1. The smallest absolute Gasteiger partial charge is 0.336 e. The fourth-order valence-electron chi connectivity index (χ4n) is 5.15. The summed E-state index contributed by atoms with van der Waals surface area (Å²) in [5.41, 5.74) is 6.61. The third kappa shape index (κ3) is 4.52. The van der Waals surface area contributed by atoms with E-state index in [-0.39, 0.29) is 12.4 Å². The maximum Gasteiger partial charge on any atom is 0.336 e. The Labute approximate surface area is 230 Å². The Balaban J connectivity index is 1.60. The first-order valence-electron chi connectivity index (χ1n) is 12.4. The van der Waals surface area contributed by atoms with Gasteiger partial charge in [-0.3, -0.25) is 4.79 Å². The third-order valence-corrected chi connectivity index (χ3v) is 7.38. The summed E-state index contributed by atoms with van der Waals surface area (Å²) in [6.07, 6.45) is 0. The lowest BCUT2D eigenvalue weighted by Gasteiger charge is -2.30. The van der Waals surface area contributed by atoms with Crippen LogP contribution in [0.5, 0.6) is 11.5 Å². The molecule has 3 aromatic carbocycles. The molecule has 0 unspecified atom stereocenters. The first kappa shape index (κ1) is 25.8. The van der Waals surface area contributed by atoms with E-state index in [4.69, 9.17) is 14.2 Å². The number of methoxy groups -OCH3 is 1. The molecule has 1 atom stereocenters. The molecule has 3 aromatic rings. The number of dihydropyridines is 1. The van der Waals surface area contributed by atoms with Crippen LogP contribution in [-0.4, -0.2) is 25.5 Å². The Morgan fingerprint density at radius 2 is 1.79 bits per heavy atom. The number of aryl methyl sites for hydroxylation is 1. The lowest BCUT2D eigenvalue weighted by Crippen LogP contribution is -2.29. The van der Waals surface area contributed by atoms with Crippen LogP contribution >= 0.6 is 15.9 Å². The number of ketones is 1. The van der Waals surface area contributed by atoms with E-state index in [0.29, 0.717) is 50.5 Å². The van der Waals surface area contributed by atoms with Crippen molar-refractivity contribution in [2.24, 2.45) is 0 Å². The van der Waals surface area contributed by atoms with Crippen LogP contribution in [0.25, 0.3) is 5.70 Å². The number of hydrogen-bond donors (Lipinski definition) is 1. The van der Waals surface area contributed by atoms with Gasteiger partial charge in [-0.25, -0.2) is 4.79 Å².